The Bertz CT molecular complexity index is 268. The Labute approximate surface area is 97.0 Å². The van der Waals surface area contributed by atoms with Crippen molar-refractivity contribution >= 4 is 0 Å². The van der Waals surface area contributed by atoms with Crippen LogP contribution in [0.1, 0.15) is 19.3 Å². The highest BCUT2D eigenvalue weighted by molar-refractivity contribution is 4.74. The first-order valence-corrected chi connectivity index (χ1v) is 6.19. The van der Waals surface area contributed by atoms with E-state index in [1.54, 1.807) is 0 Å². The number of imidazole rings is 1. The first-order valence-electron chi connectivity index (χ1n) is 6.19. The molecule has 0 aliphatic carbocycles. The van der Waals surface area contributed by atoms with E-state index in [9.17, 15) is 0 Å². The number of hydrogen-bond acceptors (Lipinski definition) is 3. The molecular formula is C12H21N3O. The van der Waals surface area contributed by atoms with Gasteiger partial charge < -0.3 is 14.6 Å². The lowest BCUT2D eigenvalue weighted by atomic mass is 10.0. The zero-order chi connectivity index (χ0) is 11.1. The van der Waals surface area contributed by atoms with Crippen LogP contribution in [0.15, 0.2) is 18.7 Å². The number of aromatic nitrogens is 2. The molecule has 0 bridgehead atoms. The van der Waals surface area contributed by atoms with Crippen LogP contribution >= 0.6 is 0 Å². The minimum Gasteiger partial charge on any atom is -0.381 e. The van der Waals surface area contributed by atoms with Gasteiger partial charge in [-0.15, -0.1) is 0 Å². The van der Waals surface area contributed by atoms with Crippen molar-refractivity contribution in [1.82, 2.24) is 14.9 Å². The molecular weight excluding hydrogens is 202 g/mol. The Balaban J connectivity index is 1.48. The number of nitrogens with zero attached hydrogens (tertiary/aromatic N) is 2. The average molecular weight is 223 g/mol. The summed E-state index contributed by atoms with van der Waals surface area (Å²) in [6.07, 6.45) is 9.31. The van der Waals surface area contributed by atoms with Gasteiger partial charge in [-0.05, 0) is 38.3 Å². The lowest BCUT2D eigenvalue weighted by Gasteiger charge is -2.22. The van der Waals surface area contributed by atoms with Gasteiger partial charge in [-0.1, -0.05) is 0 Å². The molecule has 1 aliphatic rings. The molecule has 1 saturated heterocycles. The van der Waals surface area contributed by atoms with Gasteiger partial charge in [-0.25, -0.2) is 4.98 Å². The maximum atomic E-state index is 5.34. The molecule has 1 aromatic rings. The zero-order valence-electron chi connectivity index (χ0n) is 9.77. The molecule has 1 aromatic heterocycles. The summed E-state index contributed by atoms with van der Waals surface area (Å²) in [5.74, 6) is 0.821. The van der Waals surface area contributed by atoms with Crippen molar-refractivity contribution in [3.63, 3.8) is 0 Å². The normalized spacial score (nSPS) is 17.8. The number of hydrogen-bond donors (Lipinski definition) is 1. The van der Waals surface area contributed by atoms with Gasteiger partial charge in [-0.2, -0.15) is 0 Å². The minimum absolute atomic E-state index is 0.821. The van der Waals surface area contributed by atoms with E-state index in [0.717, 1.165) is 38.8 Å². The van der Waals surface area contributed by atoms with Crippen LogP contribution < -0.4 is 5.32 Å². The summed E-state index contributed by atoms with van der Waals surface area (Å²) in [5, 5.41) is 3.53. The molecule has 2 rings (SSSR count). The van der Waals surface area contributed by atoms with E-state index in [-0.39, 0.29) is 0 Å². The molecule has 16 heavy (non-hydrogen) atoms. The number of aryl methyl sites for hydroxylation is 1. The third-order valence-electron chi connectivity index (χ3n) is 3.10. The second-order valence-electron chi connectivity index (χ2n) is 4.41. The summed E-state index contributed by atoms with van der Waals surface area (Å²) in [4.78, 5) is 4.02. The van der Waals surface area contributed by atoms with Gasteiger partial charge in [0.1, 0.15) is 0 Å². The van der Waals surface area contributed by atoms with Crippen molar-refractivity contribution in [3.05, 3.63) is 18.7 Å². The van der Waals surface area contributed by atoms with Gasteiger partial charge in [0.25, 0.3) is 0 Å². The molecule has 2 heterocycles. The molecule has 0 spiro atoms. The van der Waals surface area contributed by atoms with Crippen LogP contribution in [-0.4, -0.2) is 35.9 Å². The van der Waals surface area contributed by atoms with Crippen LogP contribution in [0, 0.1) is 5.92 Å². The Hall–Kier alpha value is -0.870. The molecule has 0 unspecified atom stereocenters. The molecule has 4 heteroatoms. The highest BCUT2D eigenvalue weighted by Gasteiger charge is 2.12. The Morgan fingerprint density at radius 1 is 1.38 bits per heavy atom. The largest absolute Gasteiger partial charge is 0.381 e. The molecule has 4 nitrogen and oxygen atoms in total. The van der Waals surface area contributed by atoms with Crippen LogP contribution in [0.25, 0.3) is 0 Å². The zero-order valence-corrected chi connectivity index (χ0v) is 9.77. The van der Waals surface area contributed by atoms with E-state index in [4.69, 9.17) is 4.74 Å². The molecule has 0 atom stereocenters. The van der Waals surface area contributed by atoms with Crippen LogP contribution in [0.5, 0.6) is 0 Å². The quantitative estimate of drug-likeness (QED) is 0.739. The van der Waals surface area contributed by atoms with E-state index < -0.39 is 0 Å². The van der Waals surface area contributed by atoms with Crippen LogP contribution in [-0.2, 0) is 11.3 Å². The molecule has 0 radical (unpaired) electrons. The molecule has 1 aliphatic heterocycles. The van der Waals surface area contributed by atoms with Gasteiger partial charge in [0.2, 0.25) is 0 Å². The van der Waals surface area contributed by atoms with Crippen LogP contribution in [0.3, 0.4) is 0 Å². The lowest BCUT2D eigenvalue weighted by molar-refractivity contribution is 0.0663. The SMILES string of the molecule is c1cn(CCCNCC2CCOCC2)cn1. The second kappa shape index (κ2) is 6.66. The molecule has 90 valence electrons. The fourth-order valence-electron chi connectivity index (χ4n) is 2.06. The number of ether oxygens (including phenoxy) is 1. The fraction of sp³-hybridized carbons (Fsp3) is 0.750. The average Bonchev–Trinajstić information content (AvgIpc) is 2.83. The molecule has 0 saturated carbocycles. The maximum absolute atomic E-state index is 5.34. The Kier molecular flexibility index (Phi) is 4.83. The van der Waals surface area contributed by atoms with Gasteiger partial charge in [0.05, 0.1) is 6.33 Å². The first-order chi connectivity index (χ1) is 7.95. The first kappa shape index (κ1) is 11.6. The Morgan fingerprint density at radius 3 is 3.00 bits per heavy atom. The fourth-order valence-corrected chi connectivity index (χ4v) is 2.06. The maximum Gasteiger partial charge on any atom is 0.0945 e. The number of nitrogens with one attached hydrogen (secondary N) is 1. The molecule has 1 N–H and O–H groups in total. The van der Waals surface area contributed by atoms with E-state index in [1.807, 2.05) is 18.7 Å². The highest BCUT2D eigenvalue weighted by Crippen LogP contribution is 2.12. The molecule has 1 fully saturated rings. The van der Waals surface area contributed by atoms with E-state index in [0.29, 0.717) is 0 Å². The van der Waals surface area contributed by atoms with E-state index in [2.05, 4.69) is 14.9 Å². The van der Waals surface area contributed by atoms with Crippen molar-refractivity contribution in [1.29, 1.82) is 0 Å². The lowest BCUT2D eigenvalue weighted by Crippen LogP contribution is -2.28. The summed E-state index contributed by atoms with van der Waals surface area (Å²) in [6.45, 7) is 5.19. The highest BCUT2D eigenvalue weighted by atomic mass is 16.5. The molecule has 0 amide bonds. The number of rotatable bonds is 6. The monoisotopic (exact) mass is 223 g/mol. The van der Waals surface area contributed by atoms with Crippen molar-refractivity contribution in [2.45, 2.75) is 25.8 Å². The molecule has 0 aromatic carbocycles. The van der Waals surface area contributed by atoms with Crippen molar-refractivity contribution in [2.24, 2.45) is 5.92 Å². The topological polar surface area (TPSA) is 39.1 Å². The standard InChI is InChI=1S/C12H21N3O/c1(6-15-7-5-14-11-15)4-13-10-12-2-8-16-9-3-12/h5,7,11-13H,1-4,6,8-10H2. The van der Waals surface area contributed by atoms with Gasteiger partial charge >= 0.3 is 0 Å². The Morgan fingerprint density at radius 2 is 2.25 bits per heavy atom. The smallest absolute Gasteiger partial charge is 0.0945 e. The van der Waals surface area contributed by atoms with Crippen molar-refractivity contribution < 1.29 is 4.74 Å². The third kappa shape index (κ3) is 3.94. The van der Waals surface area contributed by atoms with Crippen molar-refractivity contribution in [2.75, 3.05) is 26.3 Å². The van der Waals surface area contributed by atoms with Gasteiger partial charge in [0, 0.05) is 32.2 Å². The predicted molar refractivity (Wildman–Crippen MR) is 63.3 cm³/mol. The van der Waals surface area contributed by atoms with Crippen LogP contribution in [0.2, 0.25) is 0 Å². The predicted octanol–water partition coefficient (Wildman–Crippen LogP) is 1.29. The summed E-state index contributed by atoms with van der Waals surface area (Å²) in [7, 11) is 0. The van der Waals surface area contributed by atoms with Crippen LogP contribution in [0.4, 0.5) is 0 Å². The summed E-state index contributed by atoms with van der Waals surface area (Å²) in [6, 6.07) is 0. The van der Waals surface area contributed by atoms with E-state index in [1.165, 1.54) is 19.3 Å². The van der Waals surface area contributed by atoms with Gasteiger partial charge in [0.15, 0.2) is 0 Å². The van der Waals surface area contributed by atoms with E-state index >= 15 is 0 Å². The summed E-state index contributed by atoms with van der Waals surface area (Å²) >= 11 is 0. The summed E-state index contributed by atoms with van der Waals surface area (Å²) < 4.78 is 7.46. The van der Waals surface area contributed by atoms with Crippen molar-refractivity contribution in [3.8, 4) is 0 Å². The summed E-state index contributed by atoms with van der Waals surface area (Å²) in [5.41, 5.74) is 0. The third-order valence-corrected chi connectivity index (χ3v) is 3.10. The minimum atomic E-state index is 0.821. The second-order valence-corrected chi connectivity index (χ2v) is 4.41. The van der Waals surface area contributed by atoms with Gasteiger partial charge in [-0.3, -0.25) is 0 Å².